The molecule has 0 N–H and O–H groups in total. The van der Waals surface area contributed by atoms with Gasteiger partial charge in [-0.2, -0.15) is 0 Å². The second-order valence-electron chi connectivity index (χ2n) is 5.17. The monoisotopic (exact) mass is 302 g/mol. The Morgan fingerprint density at radius 3 is 2.57 bits per heavy atom. The Hall–Kier alpha value is -1.60. The van der Waals surface area contributed by atoms with Gasteiger partial charge in [-0.3, -0.25) is 9.69 Å². The highest BCUT2D eigenvalue weighted by atomic mass is 19.4. The number of carbonyl (C=O) groups is 1. The topological polar surface area (TPSA) is 32.8 Å². The van der Waals surface area contributed by atoms with Gasteiger partial charge in [-0.15, -0.1) is 13.2 Å². The third-order valence-electron chi connectivity index (χ3n) is 3.53. The highest BCUT2D eigenvalue weighted by molar-refractivity contribution is 6.02. The molecule has 1 aromatic carbocycles. The van der Waals surface area contributed by atoms with E-state index in [1.165, 1.54) is 18.2 Å². The maximum absolute atomic E-state index is 12.5. The summed E-state index contributed by atoms with van der Waals surface area (Å²) in [5.41, 5.74) is -0.0398. The molecule has 0 radical (unpaired) electrons. The number of rotatable bonds is 3. The van der Waals surface area contributed by atoms with Crippen LogP contribution in [0.4, 0.5) is 13.2 Å². The number of nitrogens with zero attached hydrogens (tertiary/aromatic N) is 2. The summed E-state index contributed by atoms with van der Waals surface area (Å²) in [7, 11) is 3.67. The van der Waals surface area contributed by atoms with Crippen LogP contribution in [0.2, 0.25) is 0 Å². The van der Waals surface area contributed by atoms with Crippen molar-refractivity contribution in [2.75, 3.05) is 33.7 Å². The van der Waals surface area contributed by atoms with Crippen LogP contribution < -0.4 is 4.74 Å². The second-order valence-corrected chi connectivity index (χ2v) is 5.17. The number of likely N-dealkylation sites (N-methyl/N-ethyl adjacent to an activating group) is 2. The number of piperazine rings is 1. The summed E-state index contributed by atoms with van der Waals surface area (Å²) in [6.07, 6.45) is -4.81. The number of carbonyl (C=O) groups excluding carboxylic acids is 1. The highest BCUT2D eigenvalue weighted by Gasteiger charge is 2.35. The van der Waals surface area contributed by atoms with Crippen molar-refractivity contribution in [2.24, 2.45) is 0 Å². The molecule has 1 saturated heterocycles. The third kappa shape index (κ3) is 3.95. The van der Waals surface area contributed by atoms with Crippen LogP contribution in [0.1, 0.15) is 10.4 Å². The number of Topliss-reactive ketones (excluding diaryl/α,β-unsaturated/α-hetero) is 1. The minimum atomic E-state index is -4.81. The first-order valence-electron chi connectivity index (χ1n) is 6.55. The molecule has 1 heterocycles. The van der Waals surface area contributed by atoms with Crippen LogP contribution >= 0.6 is 0 Å². The van der Waals surface area contributed by atoms with Gasteiger partial charge in [0.25, 0.3) is 0 Å². The zero-order valence-electron chi connectivity index (χ0n) is 11.9. The SMILES string of the molecule is CN1CCN(C)C(C(=O)c2ccccc2OC(F)(F)F)C1. The van der Waals surface area contributed by atoms with Crippen LogP contribution in [0, 0.1) is 0 Å². The molecular formula is C14H17F3N2O2. The van der Waals surface area contributed by atoms with Crippen molar-refractivity contribution in [2.45, 2.75) is 12.4 Å². The van der Waals surface area contributed by atoms with E-state index in [1.54, 1.807) is 7.05 Å². The molecule has 0 spiro atoms. The maximum Gasteiger partial charge on any atom is 0.573 e. The van der Waals surface area contributed by atoms with Crippen LogP contribution in [0.15, 0.2) is 24.3 Å². The van der Waals surface area contributed by atoms with Crippen molar-refractivity contribution in [3.05, 3.63) is 29.8 Å². The molecule has 1 fully saturated rings. The van der Waals surface area contributed by atoms with Gasteiger partial charge in [-0.25, -0.2) is 0 Å². The molecule has 21 heavy (non-hydrogen) atoms. The molecule has 2 rings (SSSR count). The van der Waals surface area contributed by atoms with Crippen LogP contribution in [-0.4, -0.2) is 61.7 Å². The number of hydrogen-bond donors (Lipinski definition) is 0. The Labute approximate surface area is 121 Å². The lowest BCUT2D eigenvalue weighted by molar-refractivity contribution is -0.274. The van der Waals surface area contributed by atoms with Crippen LogP contribution in [0.5, 0.6) is 5.75 Å². The molecule has 1 atom stereocenters. The number of alkyl halides is 3. The van der Waals surface area contributed by atoms with Gasteiger partial charge in [0.15, 0.2) is 5.78 Å². The van der Waals surface area contributed by atoms with E-state index in [-0.39, 0.29) is 11.3 Å². The molecule has 1 aliphatic heterocycles. The lowest BCUT2D eigenvalue weighted by atomic mass is 10.0. The average Bonchev–Trinajstić information content (AvgIpc) is 2.39. The molecule has 1 aromatic rings. The minimum Gasteiger partial charge on any atom is -0.405 e. The van der Waals surface area contributed by atoms with Gasteiger partial charge in [0.05, 0.1) is 11.6 Å². The Balaban J connectivity index is 2.26. The van der Waals surface area contributed by atoms with E-state index in [2.05, 4.69) is 4.74 Å². The van der Waals surface area contributed by atoms with E-state index in [1.807, 2.05) is 16.8 Å². The van der Waals surface area contributed by atoms with Crippen molar-refractivity contribution in [1.29, 1.82) is 0 Å². The van der Waals surface area contributed by atoms with Crippen molar-refractivity contribution in [1.82, 2.24) is 9.80 Å². The molecule has 0 aromatic heterocycles. The maximum atomic E-state index is 12.5. The fourth-order valence-corrected chi connectivity index (χ4v) is 2.36. The number of ether oxygens (including phenoxy) is 1. The van der Waals surface area contributed by atoms with Crippen molar-refractivity contribution in [3.63, 3.8) is 0 Å². The summed E-state index contributed by atoms with van der Waals surface area (Å²) in [5, 5.41) is 0. The number of halogens is 3. The Morgan fingerprint density at radius 1 is 1.24 bits per heavy atom. The van der Waals surface area contributed by atoms with E-state index in [4.69, 9.17) is 0 Å². The smallest absolute Gasteiger partial charge is 0.405 e. The number of para-hydroxylation sites is 1. The van der Waals surface area contributed by atoms with E-state index >= 15 is 0 Å². The average molecular weight is 302 g/mol. The normalized spacial score (nSPS) is 21.3. The van der Waals surface area contributed by atoms with E-state index in [9.17, 15) is 18.0 Å². The fourth-order valence-electron chi connectivity index (χ4n) is 2.36. The lowest BCUT2D eigenvalue weighted by Gasteiger charge is -2.36. The number of hydrogen-bond acceptors (Lipinski definition) is 4. The molecule has 0 saturated carbocycles. The predicted molar refractivity (Wildman–Crippen MR) is 71.4 cm³/mol. The summed E-state index contributed by atoms with van der Waals surface area (Å²) in [4.78, 5) is 16.4. The quantitative estimate of drug-likeness (QED) is 0.800. The zero-order valence-corrected chi connectivity index (χ0v) is 11.9. The lowest BCUT2D eigenvalue weighted by Crippen LogP contribution is -2.53. The zero-order chi connectivity index (χ0) is 15.6. The molecule has 1 unspecified atom stereocenters. The highest BCUT2D eigenvalue weighted by Crippen LogP contribution is 2.28. The molecule has 0 amide bonds. The first-order chi connectivity index (χ1) is 9.78. The molecule has 4 nitrogen and oxygen atoms in total. The van der Waals surface area contributed by atoms with Gasteiger partial charge < -0.3 is 9.64 Å². The fraction of sp³-hybridized carbons (Fsp3) is 0.500. The Bertz CT molecular complexity index is 519. The molecule has 1 aliphatic rings. The van der Waals surface area contributed by atoms with E-state index in [0.717, 1.165) is 12.6 Å². The number of benzene rings is 1. The largest absolute Gasteiger partial charge is 0.573 e. The van der Waals surface area contributed by atoms with Crippen molar-refractivity contribution in [3.8, 4) is 5.75 Å². The van der Waals surface area contributed by atoms with Gasteiger partial charge >= 0.3 is 6.36 Å². The molecule has 116 valence electrons. The van der Waals surface area contributed by atoms with Crippen molar-refractivity contribution >= 4 is 5.78 Å². The summed E-state index contributed by atoms with van der Waals surface area (Å²) in [6, 6.07) is 5.00. The summed E-state index contributed by atoms with van der Waals surface area (Å²) in [6.45, 7) is 1.99. The summed E-state index contributed by atoms with van der Waals surface area (Å²) < 4.78 is 41.2. The molecule has 7 heteroatoms. The molecule has 0 bridgehead atoms. The first-order valence-corrected chi connectivity index (χ1v) is 6.55. The van der Waals surface area contributed by atoms with Crippen LogP contribution in [0.3, 0.4) is 0 Å². The van der Waals surface area contributed by atoms with E-state index < -0.39 is 18.2 Å². The molecular weight excluding hydrogens is 285 g/mol. The molecule has 0 aliphatic carbocycles. The van der Waals surface area contributed by atoms with E-state index in [0.29, 0.717) is 13.1 Å². The standard InChI is InChI=1S/C14H17F3N2O2/c1-18-7-8-19(2)11(9-18)13(20)10-5-3-4-6-12(10)21-14(15,16)17/h3-6,11H,7-9H2,1-2H3. The first kappa shape index (κ1) is 15.8. The van der Waals surface area contributed by atoms with Crippen LogP contribution in [-0.2, 0) is 0 Å². The Morgan fingerprint density at radius 2 is 1.90 bits per heavy atom. The van der Waals surface area contributed by atoms with Gasteiger partial charge in [0.2, 0.25) is 0 Å². The van der Waals surface area contributed by atoms with Gasteiger partial charge in [0.1, 0.15) is 5.75 Å². The predicted octanol–water partition coefficient (Wildman–Crippen LogP) is 2.01. The second kappa shape index (κ2) is 6.03. The minimum absolute atomic E-state index is 0.0398. The van der Waals surface area contributed by atoms with Gasteiger partial charge in [-0.1, -0.05) is 12.1 Å². The van der Waals surface area contributed by atoms with Gasteiger partial charge in [0, 0.05) is 19.6 Å². The third-order valence-corrected chi connectivity index (χ3v) is 3.53. The summed E-state index contributed by atoms with van der Waals surface area (Å²) >= 11 is 0. The number of ketones is 1. The van der Waals surface area contributed by atoms with Gasteiger partial charge in [-0.05, 0) is 26.2 Å². The summed E-state index contributed by atoms with van der Waals surface area (Å²) in [5.74, 6) is -0.805. The van der Waals surface area contributed by atoms with Crippen LogP contribution in [0.25, 0.3) is 0 Å². The Kier molecular flexibility index (Phi) is 4.53. The van der Waals surface area contributed by atoms with Crippen molar-refractivity contribution < 1.29 is 22.7 Å².